The van der Waals surface area contributed by atoms with E-state index in [0.717, 1.165) is 0 Å². The molecule has 9 rings (SSSR count). The second-order valence-electron chi connectivity index (χ2n) is 16.3. The van der Waals surface area contributed by atoms with Crippen LogP contribution in [0.5, 0.6) is 0 Å². The fraction of sp³-hybridized carbons (Fsp3) is 0.100. The molecule has 0 spiro atoms. The van der Waals surface area contributed by atoms with Crippen LogP contribution < -0.4 is 62.4 Å². The minimum absolute atomic E-state index is 0. The molecule has 67 heavy (non-hydrogen) atoms. The molecular weight excluding hydrogens is 911 g/mol. The van der Waals surface area contributed by atoms with Crippen LogP contribution in [0.1, 0.15) is 0 Å². The summed E-state index contributed by atoms with van der Waals surface area (Å²) in [5, 5.41) is 12.5. The Morgan fingerprint density at radius 2 is 0.328 bits per heavy atom. The Morgan fingerprint density at radius 3 is 0.463 bits per heavy atom. The quantitative estimate of drug-likeness (QED) is 0.0892. The molecule has 7 heteroatoms. The van der Waals surface area contributed by atoms with Crippen LogP contribution in [-0.4, -0.2) is 42.3 Å². The third kappa shape index (κ3) is 14.1. The van der Waals surface area contributed by atoms with Crippen LogP contribution in [-0.2, 0) is 17.1 Å². The van der Waals surface area contributed by atoms with Crippen molar-refractivity contribution in [3.05, 3.63) is 255 Å². The molecule has 0 atom stereocenters. The van der Waals surface area contributed by atoms with Gasteiger partial charge in [-0.2, -0.15) is 0 Å². The van der Waals surface area contributed by atoms with Crippen molar-refractivity contribution in [1.29, 1.82) is 0 Å². The molecule has 0 unspecified atom stereocenters. The Kier molecular flexibility index (Phi) is 19.6. The van der Waals surface area contributed by atoms with Gasteiger partial charge in [0, 0.05) is 76.4 Å². The molecule has 0 fully saturated rings. The summed E-state index contributed by atoms with van der Waals surface area (Å²) < 4.78 is 0. The van der Waals surface area contributed by atoms with E-state index in [-0.39, 0.29) is 17.1 Å². The zero-order chi connectivity index (χ0) is 46.1. The van der Waals surface area contributed by atoms with Gasteiger partial charge in [-0.1, -0.05) is 218 Å². The van der Waals surface area contributed by atoms with Crippen LogP contribution in [0.25, 0.3) is 0 Å². The molecule has 0 aliphatic rings. The van der Waals surface area contributed by atoms with E-state index in [1.165, 1.54) is 64.8 Å². The summed E-state index contributed by atoms with van der Waals surface area (Å²) in [6.07, 6.45) is 0. The summed E-state index contributed by atoms with van der Waals surface area (Å²) in [7, 11) is 11.0. The first-order valence-corrected chi connectivity index (χ1v) is 26.3. The van der Waals surface area contributed by atoms with E-state index in [1.54, 1.807) is 0 Å². The fourth-order valence-corrected chi connectivity index (χ4v) is 14.4. The first-order valence-electron chi connectivity index (χ1n) is 22.3. The monoisotopic (exact) mass is 971 g/mol. The van der Waals surface area contributed by atoms with Gasteiger partial charge >= 0.3 is 0 Å². The molecule has 338 valence electrons. The number of hydrogen-bond acceptors (Lipinski definition) is 3. The zero-order valence-corrected chi connectivity index (χ0v) is 43.1. The van der Waals surface area contributed by atoms with Gasteiger partial charge in [-0.3, -0.25) is 0 Å². The number of benzene rings is 9. The Balaban J connectivity index is 0.000000165. The first-order chi connectivity index (χ1) is 32.3. The van der Waals surface area contributed by atoms with E-state index < -0.39 is 23.8 Å². The van der Waals surface area contributed by atoms with Gasteiger partial charge in [0.2, 0.25) is 0 Å². The fourth-order valence-electron chi connectivity index (χ4n) is 7.50. The molecule has 9 aromatic carbocycles. The molecule has 9 aromatic rings. The van der Waals surface area contributed by atoms with E-state index in [1.807, 2.05) is 0 Å². The normalized spacial score (nSPS) is 10.5. The van der Waals surface area contributed by atoms with E-state index in [4.69, 9.17) is 0 Å². The van der Waals surface area contributed by atoms with Crippen LogP contribution in [0, 0.1) is 0 Å². The predicted octanol–water partition coefficient (Wildman–Crippen LogP) is 10.5. The Labute approximate surface area is 414 Å². The maximum Gasteiger partial charge on any atom is 0.0361 e. The van der Waals surface area contributed by atoms with Gasteiger partial charge in [0.05, 0.1) is 0 Å². The predicted molar refractivity (Wildman–Crippen MR) is 298 cm³/mol. The van der Waals surface area contributed by atoms with Gasteiger partial charge < -0.3 is 14.7 Å². The molecule has 0 N–H and O–H groups in total. The maximum absolute atomic E-state index is 2.26. The largest absolute Gasteiger partial charge is 0.378 e. The second kappa shape index (κ2) is 25.9. The van der Waals surface area contributed by atoms with Gasteiger partial charge in [-0.25, -0.2) is 0 Å². The SMILES string of the molecule is CN(C)c1ccc(P(c2ccccc2)c2ccccc2)cc1.CN(C)c1ccc(P(c2ccccc2)c2ccccc2)cc1.CN(C)c1ccc(P(c2ccccc2)c2ccccc2)cc1.[Fe]. The molecule has 0 amide bonds. The molecule has 0 saturated heterocycles. The summed E-state index contributed by atoms with van der Waals surface area (Å²) in [4.78, 5) is 6.41. The van der Waals surface area contributed by atoms with E-state index in [2.05, 4.69) is 312 Å². The van der Waals surface area contributed by atoms with Gasteiger partial charge in [0.15, 0.2) is 0 Å². The minimum Gasteiger partial charge on any atom is -0.378 e. The topological polar surface area (TPSA) is 9.72 Å². The number of rotatable bonds is 12. The van der Waals surface area contributed by atoms with E-state index in [9.17, 15) is 0 Å². The first kappa shape index (κ1) is 50.6. The number of hydrogen-bond donors (Lipinski definition) is 0. The van der Waals surface area contributed by atoms with Gasteiger partial charge in [-0.05, 0) is 108 Å². The van der Waals surface area contributed by atoms with Gasteiger partial charge in [0.25, 0.3) is 0 Å². The molecule has 0 bridgehead atoms. The third-order valence-corrected chi connectivity index (χ3v) is 18.3. The second-order valence-corrected chi connectivity index (χ2v) is 22.9. The van der Waals surface area contributed by atoms with Crippen molar-refractivity contribution in [3.63, 3.8) is 0 Å². The molecule has 0 radical (unpaired) electrons. The summed E-state index contributed by atoms with van der Waals surface area (Å²) >= 11 is 0. The molecule has 0 aromatic heterocycles. The average molecular weight is 972 g/mol. The van der Waals surface area contributed by atoms with Crippen molar-refractivity contribution >= 4 is 88.6 Å². The summed E-state index contributed by atoms with van der Waals surface area (Å²) in [5.41, 5.74) is 3.71. The van der Waals surface area contributed by atoms with Gasteiger partial charge in [-0.15, -0.1) is 0 Å². The standard InChI is InChI=1S/3C20H20NP.Fe/c3*1-21(2)17-13-15-20(16-14-17)22(18-9-5-3-6-10-18)19-11-7-4-8-12-19;/h3*3-16H,1-2H3;. The Hall–Kier alpha value is -5.81. The number of nitrogens with zero attached hydrogens (tertiary/aromatic N) is 3. The van der Waals surface area contributed by atoms with Crippen molar-refractivity contribution < 1.29 is 17.1 Å². The van der Waals surface area contributed by atoms with Crippen LogP contribution >= 0.6 is 23.8 Å². The van der Waals surface area contributed by atoms with Crippen LogP contribution in [0.15, 0.2) is 255 Å². The molecule has 0 saturated carbocycles. The summed E-state index contributed by atoms with van der Waals surface area (Å²) in [5.74, 6) is 0. The molecule has 0 heterocycles. The van der Waals surface area contributed by atoms with Crippen LogP contribution in [0.4, 0.5) is 17.1 Å². The molecule has 0 aliphatic carbocycles. The number of anilines is 3. The summed E-state index contributed by atoms with van der Waals surface area (Å²) in [6.45, 7) is 0. The van der Waals surface area contributed by atoms with Crippen LogP contribution in [0.3, 0.4) is 0 Å². The average Bonchev–Trinajstić information content (AvgIpc) is 3.37. The maximum atomic E-state index is 2.26. The van der Waals surface area contributed by atoms with E-state index >= 15 is 0 Å². The van der Waals surface area contributed by atoms with Crippen molar-refractivity contribution in [2.24, 2.45) is 0 Å². The zero-order valence-electron chi connectivity index (χ0n) is 39.3. The van der Waals surface area contributed by atoms with Gasteiger partial charge in [0.1, 0.15) is 0 Å². The minimum atomic E-state index is -0.496. The van der Waals surface area contributed by atoms with Crippen LogP contribution in [0.2, 0.25) is 0 Å². The molecule has 3 nitrogen and oxygen atoms in total. The van der Waals surface area contributed by atoms with Crippen molar-refractivity contribution in [1.82, 2.24) is 0 Å². The van der Waals surface area contributed by atoms with Crippen molar-refractivity contribution in [3.8, 4) is 0 Å². The van der Waals surface area contributed by atoms with E-state index in [0.29, 0.717) is 0 Å². The Morgan fingerprint density at radius 1 is 0.194 bits per heavy atom. The van der Waals surface area contributed by atoms with Crippen molar-refractivity contribution in [2.75, 3.05) is 57.0 Å². The summed E-state index contributed by atoms with van der Waals surface area (Å²) in [6, 6.07) is 91.6. The molecular formula is C60H60FeN3P3. The van der Waals surface area contributed by atoms with Crippen molar-refractivity contribution in [2.45, 2.75) is 0 Å². The molecule has 0 aliphatic heterocycles. The third-order valence-electron chi connectivity index (χ3n) is 11.0. The Bertz CT molecular complexity index is 2320. The smallest absolute Gasteiger partial charge is 0.0361 e.